The van der Waals surface area contributed by atoms with Crippen LogP contribution in [0.3, 0.4) is 0 Å². The molecule has 1 aliphatic heterocycles. The summed E-state index contributed by atoms with van der Waals surface area (Å²) >= 11 is 5.89. The van der Waals surface area contributed by atoms with Crippen LogP contribution in [0.15, 0.2) is 24.3 Å². The van der Waals surface area contributed by atoms with Crippen molar-refractivity contribution < 1.29 is 14.3 Å². The number of Topliss-reactive ketones (excluding diaryl/α,β-unsaturated/α-hetero) is 1. The smallest absolute Gasteiger partial charge is 0.323 e. The minimum atomic E-state index is -0.463. The molecule has 4 atom stereocenters. The van der Waals surface area contributed by atoms with Crippen LogP contribution in [0.1, 0.15) is 25.5 Å². The van der Waals surface area contributed by atoms with Gasteiger partial charge in [0.15, 0.2) is 0 Å². The Bertz CT molecular complexity index is 514. The van der Waals surface area contributed by atoms with Gasteiger partial charge in [0.05, 0.1) is 7.11 Å². The van der Waals surface area contributed by atoms with Crippen LogP contribution in [-0.4, -0.2) is 24.9 Å². The van der Waals surface area contributed by atoms with Gasteiger partial charge in [0.25, 0.3) is 0 Å². The third-order valence-corrected chi connectivity index (χ3v) is 4.22. The number of benzene rings is 1. The molecule has 0 aliphatic carbocycles. The van der Waals surface area contributed by atoms with Gasteiger partial charge in [0.2, 0.25) is 0 Å². The molecule has 1 heterocycles. The first kappa shape index (κ1) is 15.0. The molecule has 1 aliphatic rings. The Morgan fingerprint density at radius 3 is 2.35 bits per heavy atom. The number of carbonyl (C=O) groups is 2. The molecule has 2 rings (SSSR count). The topological polar surface area (TPSA) is 55.4 Å². The number of esters is 1. The number of halogens is 1. The maximum atomic E-state index is 11.9. The normalized spacial score (nSPS) is 29.2. The standard InChI is InChI=1S/C15H18ClNO3/c1-8-12(9(2)18)14(17-13(8)15(19)20-3)10-4-6-11(16)7-5-10/h4-8,12-14,17H,1-3H3/t8-,12+,13-,14-/m0/s1. The molecule has 5 heteroatoms. The summed E-state index contributed by atoms with van der Waals surface area (Å²) in [4.78, 5) is 23.8. The zero-order valence-electron chi connectivity index (χ0n) is 11.7. The summed E-state index contributed by atoms with van der Waals surface area (Å²) in [5, 5.41) is 3.86. The second kappa shape index (κ2) is 5.94. The fourth-order valence-electron chi connectivity index (χ4n) is 2.95. The van der Waals surface area contributed by atoms with E-state index in [-0.39, 0.29) is 29.6 Å². The number of ether oxygens (including phenoxy) is 1. The van der Waals surface area contributed by atoms with Gasteiger partial charge in [-0.2, -0.15) is 0 Å². The van der Waals surface area contributed by atoms with Gasteiger partial charge < -0.3 is 4.74 Å². The van der Waals surface area contributed by atoms with Gasteiger partial charge in [-0.25, -0.2) is 0 Å². The highest BCUT2D eigenvalue weighted by Gasteiger charge is 2.46. The van der Waals surface area contributed by atoms with Crippen LogP contribution in [0.4, 0.5) is 0 Å². The van der Waals surface area contributed by atoms with Gasteiger partial charge in [0.1, 0.15) is 11.8 Å². The van der Waals surface area contributed by atoms with E-state index in [1.807, 2.05) is 19.1 Å². The summed E-state index contributed by atoms with van der Waals surface area (Å²) < 4.78 is 4.80. The van der Waals surface area contributed by atoms with E-state index >= 15 is 0 Å². The van der Waals surface area contributed by atoms with Crippen molar-refractivity contribution in [2.45, 2.75) is 25.9 Å². The molecule has 0 radical (unpaired) electrons. The molecule has 0 bridgehead atoms. The van der Waals surface area contributed by atoms with E-state index in [1.54, 1.807) is 19.1 Å². The highest BCUT2D eigenvalue weighted by atomic mass is 35.5. The van der Waals surface area contributed by atoms with Crippen molar-refractivity contribution in [2.24, 2.45) is 11.8 Å². The lowest BCUT2D eigenvalue weighted by Crippen LogP contribution is -2.36. The number of carbonyl (C=O) groups excluding carboxylic acids is 2. The average molecular weight is 296 g/mol. The van der Waals surface area contributed by atoms with E-state index in [1.165, 1.54) is 7.11 Å². The lowest BCUT2D eigenvalue weighted by Gasteiger charge is -2.19. The van der Waals surface area contributed by atoms with E-state index in [0.29, 0.717) is 5.02 Å². The zero-order valence-corrected chi connectivity index (χ0v) is 12.5. The SMILES string of the molecule is COC(=O)[C@H]1N[C@@H](c2ccc(Cl)cc2)[C@@H](C(C)=O)[C@@H]1C. The van der Waals surface area contributed by atoms with Crippen LogP contribution in [0, 0.1) is 11.8 Å². The summed E-state index contributed by atoms with van der Waals surface area (Å²) in [6.45, 7) is 3.46. The van der Waals surface area contributed by atoms with Crippen molar-refractivity contribution >= 4 is 23.4 Å². The number of hydrogen-bond donors (Lipinski definition) is 1. The third-order valence-electron chi connectivity index (χ3n) is 3.96. The second-order valence-corrected chi connectivity index (χ2v) is 5.63. The number of nitrogens with one attached hydrogen (secondary N) is 1. The Kier molecular flexibility index (Phi) is 4.45. The predicted molar refractivity (Wildman–Crippen MR) is 76.5 cm³/mol. The van der Waals surface area contributed by atoms with Gasteiger partial charge in [0, 0.05) is 17.0 Å². The molecule has 1 aromatic rings. The van der Waals surface area contributed by atoms with Crippen molar-refractivity contribution in [3.8, 4) is 0 Å². The van der Waals surface area contributed by atoms with Crippen molar-refractivity contribution in [2.75, 3.05) is 7.11 Å². The number of methoxy groups -OCH3 is 1. The number of rotatable bonds is 3. The number of ketones is 1. The van der Waals surface area contributed by atoms with Gasteiger partial charge in [-0.3, -0.25) is 14.9 Å². The van der Waals surface area contributed by atoms with Crippen molar-refractivity contribution in [3.05, 3.63) is 34.9 Å². The van der Waals surface area contributed by atoms with Crippen LogP contribution in [0.25, 0.3) is 0 Å². The van der Waals surface area contributed by atoms with Crippen LogP contribution < -0.4 is 5.32 Å². The van der Waals surface area contributed by atoms with E-state index in [9.17, 15) is 9.59 Å². The molecule has 0 unspecified atom stereocenters. The van der Waals surface area contributed by atoms with E-state index < -0.39 is 6.04 Å². The molecule has 0 saturated carbocycles. The maximum Gasteiger partial charge on any atom is 0.323 e. The monoisotopic (exact) mass is 295 g/mol. The minimum absolute atomic E-state index is 0.0661. The van der Waals surface area contributed by atoms with Gasteiger partial charge in [-0.15, -0.1) is 0 Å². The highest BCUT2D eigenvalue weighted by molar-refractivity contribution is 6.30. The van der Waals surface area contributed by atoms with Crippen molar-refractivity contribution in [1.29, 1.82) is 0 Å². The Morgan fingerprint density at radius 1 is 1.25 bits per heavy atom. The Hall–Kier alpha value is -1.39. The summed E-state index contributed by atoms with van der Waals surface area (Å²) in [5.41, 5.74) is 0.952. The zero-order chi connectivity index (χ0) is 14.9. The first-order chi connectivity index (χ1) is 9.45. The first-order valence-electron chi connectivity index (χ1n) is 6.55. The average Bonchev–Trinajstić information content (AvgIpc) is 2.76. The molecule has 1 N–H and O–H groups in total. The lowest BCUT2D eigenvalue weighted by molar-refractivity contribution is -0.143. The minimum Gasteiger partial charge on any atom is -0.468 e. The molecule has 1 fully saturated rings. The molecular formula is C15H18ClNO3. The maximum absolute atomic E-state index is 11.9. The fourth-order valence-corrected chi connectivity index (χ4v) is 3.07. The first-order valence-corrected chi connectivity index (χ1v) is 6.93. The molecule has 1 aromatic carbocycles. The van der Waals surface area contributed by atoms with Gasteiger partial charge >= 0.3 is 5.97 Å². The van der Waals surface area contributed by atoms with E-state index in [4.69, 9.17) is 16.3 Å². The fraction of sp³-hybridized carbons (Fsp3) is 0.467. The quantitative estimate of drug-likeness (QED) is 0.870. The van der Waals surface area contributed by atoms with Crippen molar-refractivity contribution in [3.63, 3.8) is 0 Å². The van der Waals surface area contributed by atoms with Crippen LogP contribution in [-0.2, 0) is 14.3 Å². The van der Waals surface area contributed by atoms with Crippen LogP contribution in [0.2, 0.25) is 5.02 Å². The molecule has 4 nitrogen and oxygen atoms in total. The summed E-state index contributed by atoms with van der Waals surface area (Å²) in [5.74, 6) is -0.627. The molecule has 0 amide bonds. The van der Waals surface area contributed by atoms with Gasteiger partial charge in [-0.1, -0.05) is 30.7 Å². The lowest BCUT2D eigenvalue weighted by atomic mass is 9.83. The molecule has 0 spiro atoms. The summed E-state index contributed by atoms with van der Waals surface area (Å²) in [6.07, 6.45) is 0. The predicted octanol–water partition coefficient (Wildman–Crippen LogP) is 2.37. The molecule has 108 valence electrons. The van der Waals surface area contributed by atoms with Crippen LogP contribution in [0.5, 0.6) is 0 Å². The third kappa shape index (κ3) is 2.72. The largest absolute Gasteiger partial charge is 0.468 e. The summed E-state index contributed by atoms with van der Waals surface area (Å²) in [7, 11) is 1.36. The molecule has 1 saturated heterocycles. The van der Waals surface area contributed by atoms with Crippen LogP contribution >= 0.6 is 11.6 Å². The molecule has 20 heavy (non-hydrogen) atoms. The Morgan fingerprint density at radius 2 is 1.85 bits per heavy atom. The number of hydrogen-bond acceptors (Lipinski definition) is 4. The van der Waals surface area contributed by atoms with Gasteiger partial charge in [-0.05, 0) is 30.5 Å². The molecule has 0 aromatic heterocycles. The van der Waals surface area contributed by atoms with Crippen molar-refractivity contribution in [1.82, 2.24) is 5.32 Å². The van der Waals surface area contributed by atoms with E-state index in [0.717, 1.165) is 5.56 Å². The summed E-state index contributed by atoms with van der Waals surface area (Å²) in [6, 6.07) is 6.67. The molecular weight excluding hydrogens is 278 g/mol. The van der Waals surface area contributed by atoms with E-state index in [2.05, 4.69) is 5.32 Å². The highest BCUT2D eigenvalue weighted by Crippen LogP contribution is 2.38. The second-order valence-electron chi connectivity index (χ2n) is 5.19. The Balaban J connectivity index is 2.33. The Labute approximate surface area is 123 Å².